The lowest BCUT2D eigenvalue weighted by Crippen LogP contribution is -1.89. The van der Waals surface area contributed by atoms with Gasteiger partial charge in [0.25, 0.3) is 0 Å². The molecule has 0 heterocycles. The smallest absolute Gasteiger partial charge is 0.0857 e. The van der Waals surface area contributed by atoms with Crippen LogP contribution in [0.4, 0.5) is 11.4 Å². The highest BCUT2D eigenvalue weighted by molar-refractivity contribution is 5.39. The lowest BCUT2D eigenvalue weighted by Gasteiger charge is -1.91. The van der Waals surface area contributed by atoms with Crippen molar-refractivity contribution in [2.45, 2.75) is 41.5 Å². The van der Waals surface area contributed by atoms with E-state index in [2.05, 4.69) is 15.5 Å². The molecule has 0 atom stereocenters. The number of rotatable bonds is 2. The van der Waals surface area contributed by atoms with Gasteiger partial charge in [0, 0.05) is 0 Å². The summed E-state index contributed by atoms with van der Waals surface area (Å²) < 4.78 is 0. The highest BCUT2D eigenvalue weighted by Gasteiger charge is 1.86. The van der Waals surface area contributed by atoms with Gasteiger partial charge in [-0.05, 0) is 38.4 Å². The van der Waals surface area contributed by atoms with Crippen molar-refractivity contribution in [2.24, 2.45) is 10.2 Å². The summed E-state index contributed by atoms with van der Waals surface area (Å²) in [5.41, 5.74) is 1.74. The predicted molar refractivity (Wildman–Crippen MR) is 106 cm³/mol. The second-order valence-corrected chi connectivity index (χ2v) is 3.37. The second-order valence-electron chi connectivity index (χ2n) is 3.37. The van der Waals surface area contributed by atoms with Crippen LogP contribution in [0.2, 0.25) is 0 Å². The molecular formula is C20H35N3. The number of azo groups is 1. The Balaban J connectivity index is -0.000000382. The first-order valence-electron chi connectivity index (χ1n) is 8.47. The van der Waals surface area contributed by atoms with Gasteiger partial charge in [-0.15, -0.1) is 0 Å². The van der Waals surface area contributed by atoms with Gasteiger partial charge in [-0.2, -0.15) is 10.2 Å². The van der Waals surface area contributed by atoms with Gasteiger partial charge in [-0.25, -0.2) is 0 Å². The van der Waals surface area contributed by atoms with Crippen molar-refractivity contribution in [3.8, 4) is 0 Å². The van der Waals surface area contributed by atoms with Crippen LogP contribution < -0.4 is 5.32 Å². The molecule has 0 unspecified atom stereocenters. The minimum absolute atomic E-state index is 0.872. The van der Waals surface area contributed by atoms with E-state index in [1.165, 1.54) is 0 Å². The molecule has 0 saturated heterocycles. The number of hydrogen-bond donors (Lipinski definition) is 1. The van der Waals surface area contributed by atoms with Crippen LogP contribution in [0.5, 0.6) is 0 Å². The van der Waals surface area contributed by atoms with Gasteiger partial charge in [0.1, 0.15) is 0 Å². The molecule has 3 nitrogen and oxygen atoms in total. The highest BCUT2D eigenvalue weighted by atomic mass is 15.1. The van der Waals surface area contributed by atoms with Crippen LogP contribution in [0, 0.1) is 0 Å². The Kier molecular flexibility index (Phi) is 28.2. The van der Waals surface area contributed by atoms with Gasteiger partial charge >= 0.3 is 0 Å². The third-order valence-electron chi connectivity index (χ3n) is 1.79. The van der Waals surface area contributed by atoms with E-state index in [1.54, 1.807) is 0 Å². The first-order valence-corrected chi connectivity index (χ1v) is 8.47. The van der Waals surface area contributed by atoms with Crippen LogP contribution in [-0.4, -0.2) is 14.1 Å². The molecule has 0 aliphatic carbocycles. The molecule has 0 aromatic heterocycles. The number of nitrogens with one attached hydrogen (secondary N) is 1. The topological polar surface area (TPSA) is 36.8 Å². The molecule has 0 fully saturated rings. The van der Waals surface area contributed by atoms with Crippen LogP contribution in [0.1, 0.15) is 41.5 Å². The molecule has 0 saturated carbocycles. The van der Waals surface area contributed by atoms with Crippen LogP contribution in [0.15, 0.2) is 70.9 Å². The van der Waals surface area contributed by atoms with E-state index >= 15 is 0 Å². The molecule has 0 aliphatic rings. The van der Waals surface area contributed by atoms with Crippen molar-refractivity contribution >= 4 is 11.4 Å². The van der Waals surface area contributed by atoms with Crippen LogP contribution in [-0.2, 0) is 0 Å². The SMILES string of the molecule is CC.CC.CC.CNC.c1ccc(N=Nc2ccccc2)cc1. The fraction of sp³-hybridized carbons (Fsp3) is 0.400. The van der Waals surface area contributed by atoms with Gasteiger partial charge in [-0.3, -0.25) is 0 Å². The molecule has 3 heteroatoms. The van der Waals surface area contributed by atoms with Gasteiger partial charge in [0.2, 0.25) is 0 Å². The van der Waals surface area contributed by atoms with Crippen molar-refractivity contribution in [1.29, 1.82) is 0 Å². The fourth-order valence-electron chi connectivity index (χ4n) is 1.10. The summed E-state index contributed by atoms with van der Waals surface area (Å²) >= 11 is 0. The predicted octanol–water partition coefficient (Wildman–Crippen LogP) is 7.02. The molecular weight excluding hydrogens is 282 g/mol. The Labute approximate surface area is 143 Å². The molecule has 130 valence electrons. The summed E-state index contributed by atoms with van der Waals surface area (Å²) in [5, 5.41) is 11.0. The van der Waals surface area contributed by atoms with Crippen LogP contribution in [0.3, 0.4) is 0 Å². The van der Waals surface area contributed by atoms with E-state index < -0.39 is 0 Å². The summed E-state index contributed by atoms with van der Waals surface area (Å²) in [6.45, 7) is 12.0. The third kappa shape index (κ3) is 18.0. The molecule has 1 N–H and O–H groups in total. The first-order chi connectivity index (χ1) is 11.4. The van der Waals surface area contributed by atoms with Crippen LogP contribution >= 0.6 is 0 Å². The van der Waals surface area contributed by atoms with E-state index in [0.29, 0.717) is 0 Å². The molecule has 2 aromatic carbocycles. The molecule has 2 rings (SSSR count). The average molecular weight is 318 g/mol. The quantitative estimate of drug-likeness (QED) is 0.594. The Morgan fingerprint density at radius 1 is 0.522 bits per heavy atom. The Morgan fingerprint density at radius 2 is 0.739 bits per heavy atom. The third-order valence-corrected chi connectivity index (χ3v) is 1.79. The monoisotopic (exact) mass is 317 g/mol. The van der Waals surface area contributed by atoms with Gasteiger partial charge < -0.3 is 5.32 Å². The number of benzene rings is 2. The minimum Gasteiger partial charge on any atom is -0.323 e. The Morgan fingerprint density at radius 3 is 0.957 bits per heavy atom. The molecule has 0 spiro atoms. The standard InChI is InChI=1S/C12H10N2.C2H7N.3C2H6/c1-3-7-11(8-4-1)13-14-12-9-5-2-6-10-12;1-3-2;3*1-2/h1-10H;3H,1-2H3;3*1-2H3. The van der Waals surface area contributed by atoms with Crippen molar-refractivity contribution in [3.05, 3.63) is 60.7 Å². The Bertz CT molecular complexity index is 384. The van der Waals surface area contributed by atoms with E-state index in [9.17, 15) is 0 Å². The maximum absolute atomic E-state index is 4.10. The molecule has 0 bridgehead atoms. The fourth-order valence-corrected chi connectivity index (χ4v) is 1.10. The molecule has 2 aromatic rings. The van der Waals surface area contributed by atoms with Gasteiger partial charge in [0.15, 0.2) is 0 Å². The molecule has 23 heavy (non-hydrogen) atoms. The van der Waals surface area contributed by atoms with E-state index in [1.807, 2.05) is 116 Å². The lowest BCUT2D eigenvalue weighted by atomic mass is 10.3. The normalized spacial score (nSPS) is 8.00. The van der Waals surface area contributed by atoms with E-state index in [0.717, 1.165) is 11.4 Å². The molecule has 0 amide bonds. The molecule has 0 aliphatic heterocycles. The van der Waals surface area contributed by atoms with E-state index in [4.69, 9.17) is 0 Å². The zero-order valence-corrected chi connectivity index (χ0v) is 16.2. The first kappa shape index (κ1) is 25.9. The second kappa shape index (κ2) is 25.0. The minimum atomic E-state index is 0.872. The summed E-state index contributed by atoms with van der Waals surface area (Å²) in [7, 11) is 3.75. The zero-order chi connectivity index (χ0) is 18.3. The lowest BCUT2D eigenvalue weighted by molar-refractivity contribution is 1.02. The number of hydrogen-bond acceptors (Lipinski definition) is 3. The van der Waals surface area contributed by atoms with Crippen molar-refractivity contribution in [3.63, 3.8) is 0 Å². The number of nitrogens with zero attached hydrogens (tertiary/aromatic N) is 2. The summed E-state index contributed by atoms with van der Waals surface area (Å²) in [6, 6.07) is 19.4. The summed E-state index contributed by atoms with van der Waals surface area (Å²) in [5.74, 6) is 0. The highest BCUT2D eigenvalue weighted by Crippen LogP contribution is 2.16. The maximum Gasteiger partial charge on any atom is 0.0857 e. The molecule has 0 radical (unpaired) electrons. The summed E-state index contributed by atoms with van der Waals surface area (Å²) in [4.78, 5) is 0. The van der Waals surface area contributed by atoms with E-state index in [-0.39, 0.29) is 0 Å². The van der Waals surface area contributed by atoms with Crippen molar-refractivity contribution in [1.82, 2.24) is 5.32 Å². The van der Waals surface area contributed by atoms with Gasteiger partial charge in [-0.1, -0.05) is 77.9 Å². The maximum atomic E-state index is 4.10. The van der Waals surface area contributed by atoms with Crippen molar-refractivity contribution < 1.29 is 0 Å². The van der Waals surface area contributed by atoms with Crippen LogP contribution in [0.25, 0.3) is 0 Å². The average Bonchev–Trinajstić information content (AvgIpc) is 2.67. The zero-order valence-electron chi connectivity index (χ0n) is 16.2. The van der Waals surface area contributed by atoms with Gasteiger partial charge in [0.05, 0.1) is 11.4 Å². The Hall–Kier alpha value is -2.00. The largest absolute Gasteiger partial charge is 0.323 e. The summed E-state index contributed by atoms with van der Waals surface area (Å²) in [6.07, 6.45) is 0. The van der Waals surface area contributed by atoms with Crippen molar-refractivity contribution in [2.75, 3.05) is 14.1 Å².